The van der Waals surface area contributed by atoms with E-state index in [0.717, 1.165) is 10.8 Å². The molecular formula is C19H23NO4. The number of hydrogen-bond acceptors (Lipinski definition) is 3. The number of ether oxygens (including phenoxy) is 1. The summed E-state index contributed by atoms with van der Waals surface area (Å²) >= 11 is 0. The Balaban J connectivity index is 2.42. The molecule has 0 saturated heterocycles. The Morgan fingerprint density at radius 1 is 1.12 bits per heavy atom. The number of carbonyl (C=O) groups is 2. The third-order valence-corrected chi connectivity index (χ3v) is 3.51. The van der Waals surface area contributed by atoms with Gasteiger partial charge in [-0.1, -0.05) is 30.3 Å². The summed E-state index contributed by atoms with van der Waals surface area (Å²) in [5, 5.41) is 11.1. The lowest BCUT2D eigenvalue weighted by molar-refractivity contribution is -0.137. The van der Waals surface area contributed by atoms with E-state index in [-0.39, 0.29) is 6.42 Å². The standard InChI is InChI=1S/C19H23NO4/c1-13(11-17(21)22)20(18(23)24-19(2,3)4)16-10-9-14-7-5-6-8-15(14)12-16/h5-10,12-13H,11H2,1-4H3,(H,21,22). The number of anilines is 1. The van der Waals surface area contributed by atoms with E-state index in [1.165, 1.54) is 4.90 Å². The Bertz CT molecular complexity index is 748. The normalized spacial score (nSPS) is 12.7. The van der Waals surface area contributed by atoms with Gasteiger partial charge < -0.3 is 9.84 Å². The summed E-state index contributed by atoms with van der Waals surface area (Å²) in [7, 11) is 0. The van der Waals surface area contributed by atoms with Crippen LogP contribution in [0.3, 0.4) is 0 Å². The number of carbonyl (C=O) groups excluding carboxylic acids is 1. The van der Waals surface area contributed by atoms with Crippen LogP contribution >= 0.6 is 0 Å². The van der Waals surface area contributed by atoms with Gasteiger partial charge in [-0.2, -0.15) is 0 Å². The average molecular weight is 329 g/mol. The summed E-state index contributed by atoms with van der Waals surface area (Å²) in [5.74, 6) is -0.961. The van der Waals surface area contributed by atoms with E-state index in [4.69, 9.17) is 9.84 Å². The molecule has 1 atom stereocenters. The van der Waals surface area contributed by atoms with Gasteiger partial charge in [-0.3, -0.25) is 9.69 Å². The Morgan fingerprint density at radius 3 is 2.33 bits per heavy atom. The van der Waals surface area contributed by atoms with Gasteiger partial charge in [0, 0.05) is 11.7 Å². The van der Waals surface area contributed by atoms with Gasteiger partial charge in [0.1, 0.15) is 5.60 Å². The Kier molecular flexibility index (Phi) is 5.12. The summed E-state index contributed by atoms with van der Waals surface area (Å²) in [6.45, 7) is 7.05. The molecule has 0 heterocycles. The molecule has 1 amide bonds. The number of benzene rings is 2. The second-order valence-electron chi connectivity index (χ2n) is 6.83. The van der Waals surface area contributed by atoms with Gasteiger partial charge in [-0.05, 0) is 50.6 Å². The minimum Gasteiger partial charge on any atom is -0.481 e. The zero-order valence-corrected chi connectivity index (χ0v) is 14.4. The second-order valence-corrected chi connectivity index (χ2v) is 6.83. The van der Waals surface area contributed by atoms with E-state index in [9.17, 15) is 9.59 Å². The fraction of sp³-hybridized carbons (Fsp3) is 0.368. The van der Waals surface area contributed by atoms with Crippen molar-refractivity contribution >= 4 is 28.5 Å². The molecule has 0 aliphatic rings. The molecule has 0 spiro atoms. The van der Waals surface area contributed by atoms with Crippen molar-refractivity contribution in [1.82, 2.24) is 0 Å². The third kappa shape index (κ3) is 4.47. The summed E-state index contributed by atoms with van der Waals surface area (Å²) in [5.41, 5.74) is -0.0357. The Morgan fingerprint density at radius 2 is 1.75 bits per heavy atom. The van der Waals surface area contributed by atoms with Crippen LogP contribution in [0.4, 0.5) is 10.5 Å². The highest BCUT2D eigenvalue weighted by atomic mass is 16.6. The maximum absolute atomic E-state index is 12.6. The number of carboxylic acid groups (broad SMARTS) is 1. The molecule has 128 valence electrons. The van der Waals surface area contributed by atoms with Gasteiger partial charge in [0.05, 0.1) is 6.42 Å². The van der Waals surface area contributed by atoms with Crippen molar-refractivity contribution in [1.29, 1.82) is 0 Å². The predicted molar refractivity (Wildman–Crippen MR) is 94.4 cm³/mol. The lowest BCUT2D eigenvalue weighted by Gasteiger charge is -2.31. The van der Waals surface area contributed by atoms with Crippen LogP contribution in [-0.4, -0.2) is 28.8 Å². The molecule has 1 unspecified atom stereocenters. The molecule has 0 aliphatic carbocycles. The van der Waals surface area contributed by atoms with Gasteiger partial charge in [-0.15, -0.1) is 0 Å². The highest BCUT2D eigenvalue weighted by Crippen LogP contribution is 2.26. The molecule has 5 heteroatoms. The van der Waals surface area contributed by atoms with E-state index in [0.29, 0.717) is 5.69 Å². The summed E-state index contributed by atoms with van der Waals surface area (Å²) in [6, 6.07) is 12.9. The number of hydrogen-bond donors (Lipinski definition) is 1. The molecule has 0 aliphatic heterocycles. The monoisotopic (exact) mass is 329 g/mol. The van der Waals surface area contributed by atoms with Crippen molar-refractivity contribution in [2.45, 2.75) is 45.8 Å². The van der Waals surface area contributed by atoms with Crippen molar-refractivity contribution < 1.29 is 19.4 Å². The number of rotatable bonds is 4. The molecular weight excluding hydrogens is 306 g/mol. The first-order chi connectivity index (χ1) is 11.2. The number of carboxylic acids is 1. The number of nitrogens with zero attached hydrogens (tertiary/aromatic N) is 1. The van der Waals surface area contributed by atoms with Crippen LogP contribution in [0.1, 0.15) is 34.1 Å². The summed E-state index contributed by atoms with van der Waals surface area (Å²) in [4.78, 5) is 25.1. The molecule has 24 heavy (non-hydrogen) atoms. The van der Waals surface area contributed by atoms with Crippen LogP contribution in [0.5, 0.6) is 0 Å². The Hall–Kier alpha value is -2.56. The first-order valence-corrected chi connectivity index (χ1v) is 7.90. The molecule has 2 aromatic carbocycles. The summed E-state index contributed by atoms with van der Waals surface area (Å²) < 4.78 is 5.46. The molecule has 1 N–H and O–H groups in total. The van der Waals surface area contributed by atoms with E-state index >= 15 is 0 Å². The van der Waals surface area contributed by atoms with Crippen molar-refractivity contribution in [2.24, 2.45) is 0 Å². The van der Waals surface area contributed by atoms with Crippen molar-refractivity contribution in [2.75, 3.05) is 4.90 Å². The van der Waals surface area contributed by atoms with Crippen LogP contribution in [0.15, 0.2) is 42.5 Å². The quantitative estimate of drug-likeness (QED) is 0.900. The SMILES string of the molecule is CC(CC(=O)O)N(C(=O)OC(C)(C)C)c1ccc2ccccc2c1. The molecule has 0 fully saturated rings. The van der Waals surface area contributed by atoms with Crippen LogP contribution < -0.4 is 4.90 Å². The van der Waals surface area contributed by atoms with Gasteiger partial charge in [0.25, 0.3) is 0 Å². The largest absolute Gasteiger partial charge is 0.481 e. The lowest BCUT2D eigenvalue weighted by Crippen LogP contribution is -2.43. The minimum atomic E-state index is -0.961. The van der Waals surface area contributed by atoms with Gasteiger partial charge in [0.2, 0.25) is 0 Å². The van der Waals surface area contributed by atoms with E-state index < -0.39 is 23.7 Å². The number of fused-ring (bicyclic) bond motifs is 1. The van der Waals surface area contributed by atoms with Crippen LogP contribution in [0, 0.1) is 0 Å². The average Bonchev–Trinajstić information content (AvgIpc) is 2.44. The summed E-state index contributed by atoms with van der Waals surface area (Å²) in [6.07, 6.45) is -0.710. The van der Waals surface area contributed by atoms with Gasteiger partial charge in [0.15, 0.2) is 0 Å². The molecule has 2 aromatic rings. The van der Waals surface area contributed by atoms with Crippen molar-refractivity contribution in [3.05, 3.63) is 42.5 Å². The third-order valence-electron chi connectivity index (χ3n) is 3.51. The zero-order valence-electron chi connectivity index (χ0n) is 14.4. The Labute approximate surface area is 141 Å². The number of aliphatic carboxylic acids is 1. The predicted octanol–water partition coefficient (Wildman–Crippen LogP) is 4.44. The van der Waals surface area contributed by atoms with Crippen molar-refractivity contribution in [3.8, 4) is 0 Å². The maximum Gasteiger partial charge on any atom is 0.415 e. The minimum absolute atomic E-state index is 0.161. The van der Waals surface area contributed by atoms with E-state index in [1.807, 2.05) is 42.5 Å². The first-order valence-electron chi connectivity index (χ1n) is 7.90. The number of amides is 1. The van der Waals surface area contributed by atoms with Crippen LogP contribution in [-0.2, 0) is 9.53 Å². The second kappa shape index (κ2) is 6.91. The van der Waals surface area contributed by atoms with E-state index in [1.54, 1.807) is 27.7 Å². The van der Waals surface area contributed by atoms with Gasteiger partial charge in [-0.25, -0.2) is 4.79 Å². The molecule has 0 saturated carbocycles. The van der Waals surface area contributed by atoms with E-state index in [2.05, 4.69) is 0 Å². The highest BCUT2D eigenvalue weighted by molar-refractivity contribution is 5.94. The molecule has 5 nitrogen and oxygen atoms in total. The molecule has 0 aromatic heterocycles. The van der Waals surface area contributed by atoms with Gasteiger partial charge >= 0.3 is 12.1 Å². The van der Waals surface area contributed by atoms with Crippen LogP contribution in [0.2, 0.25) is 0 Å². The smallest absolute Gasteiger partial charge is 0.415 e. The fourth-order valence-electron chi connectivity index (χ4n) is 2.52. The molecule has 0 bridgehead atoms. The molecule has 2 rings (SSSR count). The van der Waals surface area contributed by atoms with Crippen molar-refractivity contribution in [3.63, 3.8) is 0 Å². The molecule has 0 radical (unpaired) electrons. The topological polar surface area (TPSA) is 66.8 Å². The zero-order chi connectivity index (χ0) is 17.9. The maximum atomic E-state index is 12.6. The van der Waals surface area contributed by atoms with Crippen LogP contribution in [0.25, 0.3) is 10.8 Å². The highest BCUT2D eigenvalue weighted by Gasteiger charge is 2.28. The lowest BCUT2D eigenvalue weighted by atomic mass is 10.1. The fourth-order valence-corrected chi connectivity index (χ4v) is 2.52. The first kappa shape index (κ1) is 17.8.